The molecule has 0 amide bonds. The first-order chi connectivity index (χ1) is 11.1. The molecule has 0 saturated carbocycles. The highest BCUT2D eigenvalue weighted by Crippen LogP contribution is 2.21. The number of nitrogens with two attached hydrogens (primary N) is 1. The average Bonchev–Trinajstić information content (AvgIpc) is 3.01. The molecule has 0 spiro atoms. The normalized spacial score (nSPS) is 11.5. The molecule has 8 nitrogen and oxygen atoms in total. The molecule has 118 valence electrons. The molecule has 0 radical (unpaired) electrons. The maximum absolute atomic E-state index is 12.0. The van der Waals surface area contributed by atoms with Crippen molar-refractivity contribution >= 4 is 17.5 Å². The number of ketones is 1. The largest absolute Gasteiger partial charge is 0.497 e. The highest BCUT2D eigenvalue weighted by molar-refractivity contribution is 7.99. The van der Waals surface area contributed by atoms with Crippen molar-refractivity contribution in [2.75, 3.05) is 12.9 Å². The number of nitriles is 1. The summed E-state index contributed by atoms with van der Waals surface area (Å²) in [5.41, 5.74) is 6.41. The number of hydrogen-bond acceptors (Lipinski definition) is 8. The predicted molar refractivity (Wildman–Crippen MR) is 83.9 cm³/mol. The van der Waals surface area contributed by atoms with Crippen LogP contribution in [0.2, 0.25) is 0 Å². The fourth-order valence-corrected chi connectivity index (χ4v) is 2.49. The molecule has 1 aromatic carbocycles. The number of benzene rings is 1. The van der Waals surface area contributed by atoms with Gasteiger partial charge in [0.1, 0.15) is 17.4 Å². The lowest BCUT2D eigenvalue weighted by Crippen LogP contribution is -2.11. The lowest BCUT2D eigenvalue weighted by atomic mass is 10.2. The van der Waals surface area contributed by atoms with E-state index < -0.39 is 0 Å². The van der Waals surface area contributed by atoms with E-state index in [2.05, 4.69) is 15.5 Å². The molecule has 0 saturated heterocycles. The molecule has 0 aliphatic rings. The van der Waals surface area contributed by atoms with Gasteiger partial charge < -0.3 is 10.5 Å². The third-order valence-electron chi connectivity index (χ3n) is 2.88. The van der Waals surface area contributed by atoms with Gasteiger partial charge in [-0.25, -0.2) is 0 Å². The van der Waals surface area contributed by atoms with E-state index in [4.69, 9.17) is 15.7 Å². The summed E-state index contributed by atoms with van der Waals surface area (Å²) in [6, 6.07) is 8.97. The topological polar surface area (TPSA) is 120 Å². The Morgan fingerprint density at radius 1 is 1.43 bits per heavy atom. The van der Waals surface area contributed by atoms with Crippen LogP contribution in [-0.4, -0.2) is 38.9 Å². The number of nitrogens with zero attached hydrogens (tertiary/aromatic N) is 5. The Labute approximate surface area is 136 Å². The highest BCUT2D eigenvalue weighted by atomic mass is 32.2. The third-order valence-corrected chi connectivity index (χ3v) is 3.79. The number of hydrogen-bond donors (Lipinski definition) is 1. The van der Waals surface area contributed by atoms with Gasteiger partial charge in [0.15, 0.2) is 5.78 Å². The Hall–Kier alpha value is -2.86. The molecular weight excluding hydrogens is 316 g/mol. The van der Waals surface area contributed by atoms with Gasteiger partial charge in [0.2, 0.25) is 5.16 Å². The highest BCUT2D eigenvalue weighted by Gasteiger charge is 2.15. The predicted octanol–water partition coefficient (Wildman–Crippen LogP) is 1.09. The Bertz CT molecular complexity index is 771. The third kappa shape index (κ3) is 3.87. The van der Waals surface area contributed by atoms with Gasteiger partial charge in [-0.3, -0.25) is 4.79 Å². The molecule has 2 aromatic rings. The van der Waals surface area contributed by atoms with Crippen LogP contribution in [0.1, 0.15) is 6.92 Å². The SMILES string of the molecule is COc1ccc(-n2nnnc2SCC(=O)/C(C#N)=C(/C)N)cc1. The zero-order valence-electron chi connectivity index (χ0n) is 12.6. The Balaban J connectivity index is 2.14. The number of ether oxygens (including phenoxy) is 1. The van der Waals surface area contributed by atoms with Gasteiger partial charge in [-0.15, -0.1) is 5.10 Å². The monoisotopic (exact) mass is 330 g/mol. The van der Waals surface area contributed by atoms with Crippen molar-refractivity contribution in [1.82, 2.24) is 20.2 Å². The summed E-state index contributed by atoms with van der Waals surface area (Å²) in [5.74, 6) is 0.378. The number of tetrazole rings is 1. The van der Waals surface area contributed by atoms with Crippen LogP contribution in [0.15, 0.2) is 40.7 Å². The number of rotatable bonds is 6. The minimum Gasteiger partial charge on any atom is -0.497 e. The minimum atomic E-state index is -0.359. The molecule has 1 aromatic heterocycles. The second-order valence-corrected chi connectivity index (χ2v) is 5.40. The summed E-state index contributed by atoms with van der Waals surface area (Å²) >= 11 is 1.13. The van der Waals surface area contributed by atoms with E-state index in [9.17, 15) is 4.79 Å². The lowest BCUT2D eigenvalue weighted by molar-refractivity contribution is -0.112. The summed E-state index contributed by atoms with van der Waals surface area (Å²) in [4.78, 5) is 12.0. The summed E-state index contributed by atoms with van der Waals surface area (Å²) < 4.78 is 6.60. The van der Waals surface area contributed by atoms with Crippen LogP contribution in [-0.2, 0) is 4.79 Å². The Kier molecular flexibility index (Phi) is 5.32. The summed E-state index contributed by atoms with van der Waals surface area (Å²) in [7, 11) is 1.58. The van der Waals surface area contributed by atoms with Gasteiger partial charge in [-0.2, -0.15) is 9.94 Å². The van der Waals surface area contributed by atoms with Crippen molar-refractivity contribution in [2.45, 2.75) is 12.1 Å². The molecule has 1 heterocycles. The molecule has 0 aliphatic heterocycles. The number of carbonyl (C=O) groups excluding carboxylic acids is 1. The quantitative estimate of drug-likeness (QED) is 0.475. The number of thioether (sulfide) groups is 1. The molecule has 2 rings (SSSR count). The van der Waals surface area contributed by atoms with Crippen LogP contribution in [0.5, 0.6) is 5.75 Å². The lowest BCUT2D eigenvalue weighted by Gasteiger charge is -2.05. The Morgan fingerprint density at radius 3 is 2.70 bits per heavy atom. The standard InChI is InChI=1S/C14H14N6O2S/c1-9(16)12(7-15)13(21)8-23-14-17-18-19-20(14)10-3-5-11(22-2)6-4-10/h3-6H,8,16H2,1-2H3/b12-9-. The smallest absolute Gasteiger partial charge is 0.214 e. The molecule has 9 heteroatoms. The fraction of sp³-hybridized carbons (Fsp3) is 0.214. The first-order valence-corrected chi connectivity index (χ1v) is 7.50. The van der Waals surface area contributed by atoms with Crippen LogP contribution in [0.4, 0.5) is 0 Å². The maximum atomic E-state index is 12.0. The summed E-state index contributed by atoms with van der Waals surface area (Å²) in [6.45, 7) is 1.52. The van der Waals surface area contributed by atoms with Crippen LogP contribution in [0.25, 0.3) is 5.69 Å². The van der Waals surface area contributed by atoms with Gasteiger partial charge >= 0.3 is 0 Å². The van der Waals surface area contributed by atoms with Crippen molar-refractivity contribution in [3.8, 4) is 17.5 Å². The van der Waals surface area contributed by atoms with E-state index in [1.54, 1.807) is 31.4 Å². The minimum absolute atomic E-state index is 0.0218. The summed E-state index contributed by atoms with van der Waals surface area (Å²) in [5, 5.41) is 20.8. The maximum Gasteiger partial charge on any atom is 0.214 e. The fourth-order valence-electron chi connectivity index (χ4n) is 1.73. The van der Waals surface area contributed by atoms with Crippen molar-refractivity contribution in [3.05, 3.63) is 35.5 Å². The molecule has 0 bridgehead atoms. The van der Waals surface area contributed by atoms with E-state index in [1.165, 1.54) is 11.6 Å². The molecule has 23 heavy (non-hydrogen) atoms. The van der Waals surface area contributed by atoms with Gasteiger partial charge in [0.25, 0.3) is 0 Å². The second kappa shape index (κ2) is 7.42. The number of Topliss-reactive ketones (excluding diaryl/α,β-unsaturated/α-hetero) is 1. The van der Waals surface area contributed by atoms with Crippen LogP contribution < -0.4 is 10.5 Å². The average molecular weight is 330 g/mol. The molecule has 0 fully saturated rings. The first kappa shape index (κ1) is 16.5. The van der Waals surface area contributed by atoms with Gasteiger partial charge in [-0.05, 0) is 41.6 Å². The van der Waals surface area contributed by atoms with Gasteiger partial charge in [-0.1, -0.05) is 11.8 Å². The number of methoxy groups -OCH3 is 1. The second-order valence-electron chi connectivity index (χ2n) is 4.45. The van der Waals surface area contributed by atoms with Crippen LogP contribution in [0, 0.1) is 11.3 Å². The van der Waals surface area contributed by atoms with Gasteiger partial charge in [0.05, 0.1) is 18.6 Å². The van der Waals surface area contributed by atoms with E-state index in [0.29, 0.717) is 10.9 Å². The van der Waals surface area contributed by atoms with Crippen LogP contribution >= 0.6 is 11.8 Å². The number of aromatic nitrogens is 4. The van der Waals surface area contributed by atoms with E-state index >= 15 is 0 Å². The van der Waals surface area contributed by atoms with Gasteiger partial charge in [0, 0.05) is 5.70 Å². The zero-order chi connectivity index (χ0) is 16.8. The molecular formula is C14H14N6O2S. The van der Waals surface area contributed by atoms with Crippen molar-refractivity contribution in [3.63, 3.8) is 0 Å². The van der Waals surface area contributed by atoms with Crippen molar-refractivity contribution < 1.29 is 9.53 Å². The molecule has 2 N–H and O–H groups in total. The van der Waals surface area contributed by atoms with E-state index in [0.717, 1.165) is 17.4 Å². The first-order valence-electron chi connectivity index (χ1n) is 6.52. The number of carbonyl (C=O) groups is 1. The Morgan fingerprint density at radius 2 is 2.13 bits per heavy atom. The van der Waals surface area contributed by atoms with Crippen LogP contribution in [0.3, 0.4) is 0 Å². The van der Waals surface area contributed by atoms with Crippen molar-refractivity contribution in [2.24, 2.45) is 5.73 Å². The molecule has 0 unspecified atom stereocenters. The summed E-state index contributed by atoms with van der Waals surface area (Å²) in [6.07, 6.45) is 0. The zero-order valence-corrected chi connectivity index (χ0v) is 13.4. The number of allylic oxidation sites excluding steroid dienone is 2. The van der Waals surface area contributed by atoms with E-state index in [-0.39, 0.29) is 22.8 Å². The molecule has 0 atom stereocenters. The van der Waals surface area contributed by atoms with Crippen molar-refractivity contribution in [1.29, 1.82) is 5.26 Å². The van der Waals surface area contributed by atoms with E-state index in [1.807, 2.05) is 6.07 Å². The molecule has 0 aliphatic carbocycles.